The third kappa shape index (κ3) is 3.30. The van der Waals surface area contributed by atoms with Crippen LogP contribution >= 0.6 is 0 Å². The maximum atomic E-state index is 11.1. The summed E-state index contributed by atoms with van der Waals surface area (Å²) in [7, 11) is 0. The summed E-state index contributed by atoms with van der Waals surface area (Å²) in [5.74, 6) is -1.44. The van der Waals surface area contributed by atoms with Crippen molar-refractivity contribution in [3.63, 3.8) is 0 Å². The van der Waals surface area contributed by atoms with E-state index in [0.29, 0.717) is 16.2 Å². The van der Waals surface area contributed by atoms with Gasteiger partial charge in [0.25, 0.3) is 5.91 Å². The highest BCUT2D eigenvalue weighted by Gasteiger charge is 2.33. The summed E-state index contributed by atoms with van der Waals surface area (Å²) in [5.41, 5.74) is 0.803. The van der Waals surface area contributed by atoms with E-state index in [9.17, 15) is 14.7 Å². The largest absolute Gasteiger partial charge is 0.481 e. The van der Waals surface area contributed by atoms with Crippen LogP contribution in [0.3, 0.4) is 0 Å². The van der Waals surface area contributed by atoms with Gasteiger partial charge in [0.2, 0.25) is 0 Å². The Labute approximate surface area is 110 Å². The van der Waals surface area contributed by atoms with Crippen molar-refractivity contribution in [2.24, 2.45) is 5.92 Å². The molecule has 1 aromatic rings. The Morgan fingerprint density at radius 3 is 2.42 bits per heavy atom. The van der Waals surface area contributed by atoms with Crippen molar-refractivity contribution in [1.82, 2.24) is 5.06 Å². The number of aliphatic hydroxyl groups is 1. The molecule has 1 aliphatic rings. The van der Waals surface area contributed by atoms with Gasteiger partial charge in [-0.3, -0.25) is 14.8 Å². The van der Waals surface area contributed by atoms with Gasteiger partial charge in [0.1, 0.15) is 0 Å². The van der Waals surface area contributed by atoms with Crippen molar-refractivity contribution in [2.45, 2.75) is 26.5 Å². The number of hydrogen-bond acceptors (Lipinski definition) is 4. The van der Waals surface area contributed by atoms with Crippen molar-refractivity contribution in [2.75, 3.05) is 0 Å². The van der Waals surface area contributed by atoms with E-state index in [2.05, 4.69) is 0 Å². The smallest absolute Gasteiger partial charge is 0.306 e. The second-order valence-corrected chi connectivity index (χ2v) is 4.26. The number of aliphatic carboxylic acids is 1. The van der Waals surface area contributed by atoms with Crippen LogP contribution in [0, 0.1) is 5.92 Å². The summed E-state index contributed by atoms with van der Waals surface area (Å²) in [4.78, 5) is 21.1. The molecule has 0 saturated heterocycles. The highest BCUT2D eigenvalue weighted by Crippen LogP contribution is 2.29. The molecule has 6 nitrogen and oxygen atoms in total. The summed E-state index contributed by atoms with van der Waals surface area (Å²) in [6, 6.07) is 6.56. The Kier molecular flexibility index (Phi) is 5.02. The van der Waals surface area contributed by atoms with Gasteiger partial charge in [-0.15, -0.1) is 0 Å². The Balaban J connectivity index is 0.000000224. The van der Waals surface area contributed by atoms with Gasteiger partial charge in [-0.2, -0.15) is 5.06 Å². The number of carbonyl (C=O) groups excluding carboxylic acids is 1. The minimum atomic E-state index is -1.21. The van der Waals surface area contributed by atoms with Crippen molar-refractivity contribution >= 4 is 11.9 Å². The lowest BCUT2D eigenvalue weighted by Gasteiger charge is -2.10. The van der Waals surface area contributed by atoms with E-state index < -0.39 is 18.1 Å². The first-order chi connectivity index (χ1) is 8.90. The van der Waals surface area contributed by atoms with Gasteiger partial charge in [-0.25, -0.2) is 0 Å². The fraction of sp³-hybridized carbons (Fsp3) is 0.385. The molecule has 0 spiro atoms. The van der Waals surface area contributed by atoms with Gasteiger partial charge in [0.15, 0.2) is 6.23 Å². The quantitative estimate of drug-likeness (QED) is 0.707. The molecule has 1 aromatic carbocycles. The first-order valence-electron chi connectivity index (χ1n) is 5.92. The maximum absolute atomic E-state index is 11.1. The molecule has 0 saturated carbocycles. The summed E-state index contributed by atoms with van der Waals surface area (Å²) >= 11 is 0. The van der Waals surface area contributed by atoms with Gasteiger partial charge in [0, 0.05) is 11.1 Å². The standard InChI is InChI=1S/C8H7NO3.C5H10O2/c10-7-5-3-1-2-4-6(5)8(11)9(7)12;1-3-4(2)5(6)7/h1-4,7,10,12H;4H,3H2,1-2H3,(H,6,7). The average Bonchev–Trinajstić information content (AvgIpc) is 2.64. The summed E-state index contributed by atoms with van der Waals surface area (Å²) < 4.78 is 0. The number of hydrogen-bond donors (Lipinski definition) is 3. The molecule has 2 unspecified atom stereocenters. The number of rotatable bonds is 2. The zero-order chi connectivity index (χ0) is 14.6. The van der Waals surface area contributed by atoms with E-state index in [4.69, 9.17) is 10.3 Å². The summed E-state index contributed by atoms with van der Waals surface area (Å²) in [5, 5.41) is 26.8. The molecule has 1 heterocycles. The number of carbonyl (C=O) groups is 2. The van der Waals surface area contributed by atoms with E-state index in [1.165, 1.54) is 0 Å². The van der Waals surface area contributed by atoms with Crippen molar-refractivity contribution in [3.05, 3.63) is 35.4 Å². The van der Waals surface area contributed by atoms with Gasteiger partial charge < -0.3 is 10.2 Å². The topological polar surface area (TPSA) is 98.1 Å². The highest BCUT2D eigenvalue weighted by atomic mass is 16.5. The molecule has 2 rings (SSSR count). The third-order valence-electron chi connectivity index (χ3n) is 2.94. The molecular weight excluding hydrogens is 250 g/mol. The maximum Gasteiger partial charge on any atom is 0.306 e. The lowest BCUT2D eigenvalue weighted by Crippen LogP contribution is -2.23. The fourth-order valence-electron chi connectivity index (χ4n) is 1.46. The van der Waals surface area contributed by atoms with Crippen LogP contribution in [0.2, 0.25) is 0 Å². The first-order valence-corrected chi connectivity index (χ1v) is 5.92. The van der Waals surface area contributed by atoms with Crippen molar-refractivity contribution in [3.8, 4) is 0 Å². The monoisotopic (exact) mass is 267 g/mol. The molecule has 19 heavy (non-hydrogen) atoms. The molecule has 3 N–H and O–H groups in total. The molecule has 0 aromatic heterocycles. The van der Waals surface area contributed by atoms with Gasteiger partial charge in [-0.1, -0.05) is 32.0 Å². The van der Waals surface area contributed by atoms with Crippen LogP contribution in [0.4, 0.5) is 0 Å². The lowest BCUT2D eigenvalue weighted by atomic mass is 10.1. The van der Waals surface area contributed by atoms with Gasteiger partial charge in [-0.05, 0) is 12.5 Å². The average molecular weight is 267 g/mol. The molecular formula is C13H17NO5. The van der Waals surface area contributed by atoms with Crippen molar-refractivity contribution in [1.29, 1.82) is 0 Å². The van der Waals surface area contributed by atoms with E-state index in [1.807, 2.05) is 6.92 Å². The Morgan fingerprint density at radius 1 is 1.42 bits per heavy atom. The Hall–Kier alpha value is -1.92. The van der Waals surface area contributed by atoms with Crippen LogP contribution in [0.5, 0.6) is 0 Å². The van der Waals surface area contributed by atoms with Crippen LogP contribution in [0.15, 0.2) is 24.3 Å². The van der Waals surface area contributed by atoms with Crippen LogP contribution in [-0.2, 0) is 4.79 Å². The second kappa shape index (κ2) is 6.31. The van der Waals surface area contributed by atoms with Crippen LogP contribution in [0.25, 0.3) is 0 Å². The zero-order valence-electron chi connectivity index (χ0n) is 10.8. The summed E-state index contributed by atoms with van der Waals surface area (Å²) in [6.45, 7) is 3.56. The first kappa shape index (κ1) is 15.1. The minimum absolute atomic E-state index is 0.181. The molecule has 0 radical (unpaired) electrons. The van der Waals surface area contributed by atoms with Gasteiger partial charge >= 0.3 is 5.97 Å². The zero-order valence-corrected chi connectivity index (χ0v) is 10.8. The number of fused-ring (bicyclic) bond motifs is 1. The predicted molar refractivity (Wildman–Crippen MR) is 66.4 cm³/mol. The summed E-state index contributed by atoms with van der Waals surface area (Å²) in [6.07, 6.45) is -0.497. The molecule has 104 valence electrons. The molecule has 1 aliphatic heterocycles. The second-order valence-electron chi connectivity index (χ2n) is 4.26. The van der Waals surface area contributed by atoms with Crippen LogP contribution in [-0.4, -0.2) is 32.4 Å². The number of carboxylic acids is 1. The SMILES string of the molecule is CCC(C)C(=O)O.O=C1c2ccccc2C(O)N1O. The Bertz CT molecular complexity index is 474. The van der Waals surface area contributed by atoms with Crippen LogP contribution < -0.4 is 0 Å². The van der Waals surface area contributed by atoms with E-state index >= 15 is 0 Å². The number of hydroxylamine groups is 2. The van der Waals surface area contributed by atoms with Gasteiger partial charge in [0.05, 0.1) is 5.92 Å². The third-order valence-corrected chi connectivity index (χ3v) is 2.94. The van der Waals surface area contributed by atoms with Crippen LogP contribution in [0.1, 0.15) is 42.4 Å². The number of carboxylic acid groups (broad SMARTS) is 1. The normalized spacial score (nSPS) is 18.4. The van der Waals surface area contributed by atoms with E-state index in [-0.39, 0.29) is 5.92 Å². The van der Waals surface area contributed by atoms with Crippen molar-refractivity contribution < 1.29 is 25.0 Å². The fourth-order valence-corrected chi connectivity index (χ4v) is 1.46. The molecule has 0 fully saturated rings. The predicted octanol–water partition coefficient (Wildman–Crippen LogP) is 1.64. The van der Waals surface area contributed by atoms with E-state index in [1.54, 1.807) is 31.2 Å². The molecule has 0 aliphatic carbocycles. The number of amides is 1. The number of nitrogens with zero attached hydrogens (tertiary/aromatic N) is 1. The lowest BCUT2D eigenvalue weighted by molar-refractivity contribution is -0.152. The highest BCUT2D eigenvalue weighted by molar-refractivity contribution is 5.97. The number of benzene rings is 1. The molecule has 2 atom stereocenters. The number of aliphatic hydroxyl groups excluding tert-OH is 1. The molecule has 6 heteroatoms. The Morgan fingerprint density at radius 2 is 2.00 bits per heavy atom. The van der Waals surface area contributed by atoms with E-state index in [0.717, 1.165) is 6.42 Å². The molecule has 1 amide bonds. The molecule has 0 bridgehead atoms. The minimum Gasteiger partial charge on any atom is -0.481 e.